The van der Waals surface area contributed by atoms with Gasteiger partial charge in [-0.3, -0.25) is 0 Å². The number of pyridine rings is 2. The zero-order valence-corrected chi connectivity index (χ0v) is 30.7. The molecule has 6 aromatic carbocycles. The molecule has 0 atom stereocenters. The van der Waals surface area contributed by atoms with E-state index in [0.717, 1.165) is 55.2 Å². The molecule has 0 N–H and O–H groups in total. The van der Waals surface area contributed by atoms with Crippen molar-refractivity contribution in [2.24, 2.45) is 5.41 Å². The van der Waals surface area contributed by atoms with Gasteiger partial charge in [-0.2, -0.15) is 0 Å². The number of rotatable bonds is 3. The summed E-state index contributed by atoms with van der Waals surface area (Å²) in [4.78, 5) is 8.72. The van der Waals surface area contributed by atoms with Crippen molar-refractivity contribution >= 4 is 54.3 Å². The number of aromatic nitrogens is 2. The second-order valence-electron chi connectivity index (χ2n) is 13.3. The average molecular weight is 847 g/mol. The normalized spacial score (nSPS) is 14.6. The third-order valence-corrected chi connectivity index (χ3v) is 8.73. The van der Waals surface area contributed by atoms with Crippen molar-refractivity contribution in [3.8, 4) is 22.5 Å². The maximum atomic E-state index is 8.21. The van der Waals surface area contributed by atoms with Gasteiger partial charge in [-0.05, 0) is 81.0 Å². The van der Waals surface area contributed by atoms with Crippen LogP contribution in [0, 0.1) is 31.3 Å². The topological polar surface area (TPSA) is 38.9 Å². The number of nitrogens with zero attached hydrogens (tertiary/aromatic N) is 2. The van der Waals surface area contributed by atoms with Crippen molar-refractivity contribution in [3.05, 3.63) is 156 Å². The summed E-state index contributed by atoms with van der Waals surface area (Å²) < 4.78 is 70.1. The van der Waals surface area contributed by atoms with Crippen molar-refractivity contribution in [2.75, 3.05) is 0 Å². The summed E-state index contributed by atoms with van der Waals surface area (Å²) >= 11 is 0. The van der Waals surface area contributed by atoms with Crippen LogP contribution in [0.3, 0.4) is 0 Å². The maximum absolute atomic E-state index is 8.21. The van der Waals surface area contributed by atoms with Gasteiger partial charge in [0.15, 0.2) is 0 Å². The van der Waals surface area contributed by atoms with E-state index in [1.54, 1.807) is 12.3 Å². The van der Waals surface area contributed by atoms with Crippen LogP contribution in [0.25, 0.3) is 76.8 Å². The number of aryl methyl sites for hydroxylation is 2. The molecule has 0 saturated carbocycles. The van der Waals surface area contributed by atoms with E-state index in [9.17, 15) is 0 Å². The Morgan fingerprint density at radius 3 is 2.00 bits per heavy atom. The van der Waals surface area contributed by atoms with Gasteiger partial charge >= 0.3 is 0 Å². The van der Waals surface area contributed by atoms with E-state index in [-0.39, 0.29) is 31.2 Å². The second kappa shape index (κ2) is 13.9. The Hall–Kier alpha value is -5.15. The Morgan fingerprint density at radius 2 is 1.33 bits per heavy atom. The number of hydrogen-bond acceptors (Lipinski definition) is 3. The molecule has 51 heavy (non-hydrogen) atoms. The Morgan fingerprint density at radius 1 is 0.647 bits per heavy atom. The maximum Gasteiger partial charge on any atom is 0.121 e. The Labute approximate surface area is 324 Å². The van der Waals surface area contributed by atoms with Crippen LogP contribution in [0.1, 0.15) is 48.4 Å². The molecule has 0 spiro atoms. The molecule has 253 valence electrons. The number of hydrogen-bond donors (Lipinski definition) is 0. The van der Waals surface area contributed by atoms with Crippen LogP contribution >= 0.6 is 0 Å². The molecular weight excluding hydrogens is 801 g/mol. The first kappa shape index (κ1) is 25.7. The van der Waals surface area contributed by atoms with Gasteiger partial charge in [0.2, 0.25) is 0 Å². The molecule has 3 heterocycles. The van der Waals surface area contributed by atoms with Crippen molar-refractivity contribution in [3.63, 3.8) is 0 Å². The van der Waals surface area contributed by atoms with Crippen LogP contribution in [-0.2, 0) is 26.5 Å². The molecule has 9 rings (SSSR count). The summed E-state index contributed by atoms with van der Waals surface area (Å²) in [6.07, 6.45) is 1.36. The summed E-state index contributed by atoms with van der Waals surface area (Å²) in [7, 11) is 0. The van der Waals surface area contributed by atoms with E-state index in [2.05, 4.69) is 52.4 Å². The zero-order valence-electron chi connectivity index (χ0n) is 36.3. The molecular formula is C47H38IrN2O-2. The van der Waals surface area contributed by atoms with Crippen LogP contribution in [-0.4, -0.2) is 9.97 Å². The fourth-order valence-corrected chi connectivity index (χ4v) is 6.62. The van der Waals surface area contributed by atoms with Gasteiger partial charge in [-0.15, -0.1) is 54.1 Å². The molecule has 0 bridgehead atoms. The molecule has 0 fully saturated rings. The van der Waals surface area contributed by atoms with Gasteiger partial charge in [0, 0.05) is 54.2 Å². The molecule has 0 saturated heterocycles. The predicted octanol–water partition coefficient (Wildman–Crippen LogP) is 12.7. The molecule has 3 nitrogen and oxygen atoms in total. The SMILES string of the molecule is [2H]C([2H])([2H])c1cnc(-c2[c-]ccc3c2oc2ccc4c5ccccc5c5ccccc5c4c23)cc1C([2H])([2H])[2H].[2H]C([2H])(c1ccc(-c2[c-]cccc2)nc1)C(C)(C)C.[Ir]. The molecule has 0 amide bonds. The van der Waals surface area contributed by atoms with E-state index in [4.69, 9.17) is 15.4 Å². The Kier molecular flexibility index (Phi) is 7.00. The van der Waals surface area contributed by atoms with Crippen molar-refractivity contribution < 1.29 is 35.5 Å². The van der Waals surface area contributed by atoms with Gasteiger partial charge in [0.05, 0.1) is 5.58 Å². The van der Waals surface area contributed by atoms with E-state index in [0.29, 0.717) is 28.0 Å². The predicted molar refractivity (Wildman–Crippen MR) is 209 cm³/mol. The van der Waals surface area contributed by atoms with E-state index in [1.165, 1.54) is 11.5 Å². The summed E-state index contributed by atoms with van der Waals surface area (Å²) in [5.41, 5.74) is 3.32. The molecule has 4 heteroatoms. The minimum Gasteiger partial charge on any atom is -0.501 e. The summed E-state index contributed by atoms with van der Waals surface area (Å²) in [6, 6.07) is 43.3. The molecule has 0 aliphatic heterocycles. The van der Waals surface area contributed by atoms with Crippen LogP contribution in [0.5, 0.6) is 0 Å². The van der Waals surface area contributed by atoms with Gasteiger partial charge in [0.1, 0.15) is 5.58 Å². The van der Waals surface area contributed by atoms with Crippen molar-refractivity contribution in [1.82, 2.24) is 9.97 Å². The fraction of sp³-hybridized carbons (Fsp3) is 0.149. The first-order valence-corrected chi connectivity index (χ1v) is 16.5. The van der Waals surface area contributed by atoms with Crippen LogP contribution < -0.4 is 0 Å². The minimum atomic E-state index is -2.63. The number of benzene rings is 6. The fourth-order valence-electron chi connectivity index (χ4n) is 6.62. The molecule has 1 radical (unpaired) electrons. The minimum absolute atomic E-state index is 0. The van der Waals surface area contributed by atoms with E-state index < -0.39 is 25.5 Å². The van der Waals surface area contributed by atoms with Crippen molar-refractivity contribution in [1.29, 1.82) is 0 Å². The van der Waals surface area contributed by atoms with E-state index >= 15 is 0 Å². The number of furan rings is 1. The smallest absolute Gasteiger partial charge is 0.121 e. The quantitative estimate of drug-likeness (QED) is 0.131. The van der Waals surface area contributed by atoms with Gasteiger partial charge in [-0.25, -0.2) is 0 Å². The van der Waals surface area contributed by atoms with Gasteiger partial charge < -0.3 is 14.4 Å². The summed E-state index contributed by atoms with van der Waals surface area (Å²) in [6.45, 7) is 0.454. The summed E-state index contributed by atoms with van der Waals surface area (Å²) in [5.74, 6) is 0. The number of fused-ring (bicyclic) bond motifs is 10. The van der Waals surface area contributed by atoms with Crippen LogP contribution in [0.4, 0.5) is 0 Å². The summed E-state index contributed by atoms with van der Waals surface area (Å²) in [5, 5.41) is 8.57. The monoisotopic (exact) mass is 847 g/mol. The van der Waals surface area contributed by atoms with Gasteiger partial charge in [-0.1, -0.05) is 110 Å². The molecule has 3 aromatic heterocycles. The first-order valence-electron chi connectivity index (χ1n) is 20.5. The average Bonchev–Trinajstić information content (AvgIpc) is 3.59. The zero-order chi connectivity index (χ0) is 41.2. The standard InChI is InChI=1S/C31H20NO.C16H18N.Ir/c1-18-16-27(32-17-19(18)2)25-12-7-13-26-30-28(33-31(25)26)15-14-24-22-10-4-3-8-20(22)21-9-5-6-11-23(21)29(24)30;1-16(2,3)11-13-9-10-15(17-12-13)14-7-5-4-6-8-14;/h3-11,13-17H,1-2H3;4-7,9-10,12H,11H2,1-3H3;/q2*-1;/i1D3,2D3;11D2;. The van der Waals surface area contributed by atoms with Crippen molar-refractivity contribution in [2.45, 2.75) is 40.8 Å². The Balaban J connectivity index is 0.000000223. The van der Waals surface area contributed by atoms with E-state index in [1.807, 2.05) is 93.6 Å². The molecule has 9 aromatic rings. The second-order valence-corrected chi connectivity index (χ2v) is 13.3. The van der Waals surface area contributed by atoms with Crippen LogP contribution in [0.15, 0.2) is 132 Å². The molecule has 0 aliphatic rings. The Bertz CT molecular complexity index is 2950. The molecule has 0 unspecified atom stereocenters. The first-order chi connectivity index (χ1) is 27.4. The van der Waals surface area contributed by atoms with Crippen LogP contribution in [0.2, 0.25) is 0 Å². The third kappa shape index (κ3) is 6.58. The largest absolute Gasteiger partial charge is 0.501 e. The third-order valence-electron chi connectivity index (χ3n) is 8.73. The van der Waals surface area contributed by atoms with Gasteiger partial charge in [0.25, 0.3) is 0 Å². The molecule has 0 aliphatic carbocycles.